The molecule has 0 fully saturated rings. The molecule has 0 unspecified atom stereocenters. The number of nitrogens with zero attached hydrogens (tertiary/aromatic N) is 3. The Labute approximate surface area is 85.1 Å². The van der Waals surface area contributed by atoms with Crippen LogP contribution >= 0.6 is 0 Å². The van der Waals surface area contributed by atoms with E-state index >= 15 is 0 Å². The summed E-state index contributed by atoms with van der Waals surface area (Å²) in [7, 11) is 1.20. The lowest BCUT2D eigenvalue weighted by Crippen LogP contribution is -2.06. The van der Waals surface area contributed by atoms with E-state index in [1.54, 1.807) is 0 Å². The van der Waals surface area contributed by atoms with E-state index in [1.165, 1.54) is 25.3 Å². The van der Waals surface area contributed by atoms with Crippen molar-refractivity contribution in [1.29, 1.82) is 0 Å². The van der Waals surface area contributed by atoms with Crippen LogP contribution in [0.4, 0.5) is 4.39 Å². The van der Waals surface area contributed by atoms with E-state index < -0.39 is 11.8 Å². The molecule has 0 radical (unpaired) electrons. The maximum atomic E-state index is 13.3. The monoisotopic (exact) mass is 209 g/mol. The Bertz CT molecular complexity index is 427. The van der Waals surface area contributed by atoms with E-state index in [0.717, 1.165) is 0 Å². The molecule has 5 nitrogen and oxygen atoms in total. The van der Waals surface area contributed by atoms with Gasteiger partial charge in [0.2, 0.25) is 0 Å². The lowest BCUT2D eigenvalue weighted by Gasteiger charge is -2.05. The zero-order valence-corrected chi connectivity index (χ0v) is 7.98. The van der Waals surface area contributed by atoms with Gasteiger partial charge in [-0.3, -0.25) is 0 Å². The van der Waals surface area contributed by atoms with Gasteiger partial charge in [-0.15, -0.1) is 0 Å². The van der Waals surface area contributed by atoms with Crippen LogP contribution in [0.15, 0.2) is 23.3 Å². The zero-order valence-electron chi connectivity index (χ0n) is 7.98. The molecule has 1 rings (SSSR count). The summed E-state index contributed by atoms with van der Waals surface area (Å²) in [5, 5.41) is 3.21. The van der Waals surface area contributed by atoms with Crippen molar-refractivity contribution in [2.75, 3.05) is 7.11 Å². The summed E-state index contributed by atoms with van der Waals surface area (Å²) in [5.41, 5.74) is 8.24. The van der Waals surface area contributed by atoms with Crippen LogP contribution in [0, 0.1) is 5.82 Å². The van der Waals surface area contributed by atoms with Crippen LogP contribution < -0.4 is 0 Å². The van der Waals surface area contributed by atoms with Crippen molar-refractivity contribution in [3.8, 4) is 0 Å². The molecule has 0 aliphatic rings. The molecular formula is C9H8FN3O2. The van der Waals surface area contributed by atoms with Crippen molar-refractivity contribution in [3.05, 3.63) is 45.6 Å². The van der Waals surface area contributed by atoms with Crippen LogP contribution in [0.5, 0.6) is 0 Å². The molecule has 0 aliphatic carbocycles. The topological polar surface area (TPSA) is 75.1 Å². The summed E-state index contributed by atoms with van der Waals surface area (Å²) in [6, 6.07) is 3.99. The first-order chi connectivity index (χ1) is 7.20. The number of carbonyl (C=O) groups excluding carboxylic acids is 1. The summed E-state index contributed by atoms with van der Waals surface area (Å²) >= 11 is 0. The van der Waals surface area contributed by atoms with Gasteiger partial charge >= 0.3 is 5.97 Å². The van der Waals surface area contributed by atoms with E-state index in [1.807, 2.05) is 0 Å². The van der Waals surface area contributed by atoms with Crippen LogP contribution in [-0.2, 0) is 11.3 Å². The number of rotatable bonds is 3. The van der Waals surface area contributed by atoms with Gasteiger partial charge in [0.05, 0.1) is 19.2 Å². The molecule has 0 spiro atoms. The number of benzene rings is 1. The molecular weight excluding hydrogens is 201 g/mol. The molecule has 0 saturated heterocycles. The highest BCUT2D eigenvalue weighted by atomic mass is 19.1. The average Bonchev–Trinajstić information content (AvgIpc) is 2.26. The van der Waals surface area contributed by atoms with Gasteiger partial charge in [0, 0.05) is 10.5 Å². The first kappa shape index (κ1) is 11.0. The molecule has 0 aromatic heterocycles. The third kappa shape index (κ3) is 2.45. The number of ether oxygens (including phenoxy) is 1. The predicted octanol–water partition coefficient (Wildman–Crippen LogP) is 2.42. The minimum atomic E-state index is -0.655. The highest BCUT2D eigenvalue weighted by molar-refractivity contribution is 5.91. The normalized spacial score (nSPS) is 9.20. The van der Waals surface area contributed by atoms with Crippen LogP contribution in [0.3, 0.4) is 0 Å². The first-order valence-corrected chi connectivity index (χ1v) is 4.07. The van der Waals surface area contributed by atoms with Crippen molar-refractivity contribution in [1.82, 2.24) is 0 Å². The van der Waals surface area contributed by atoms with Crippen molar-refractivity contribution in [3.63, 3.8) is 0 Å². The quantitative estimate of drug-likeness (QED) is 0.332. The Morgan fingerprint density at radius 2 is 2.40 bits per heavy atom. The summed E-state index contributed by atoms with van der Waals surface area (Å²) in [6.45, 7) is -0.215. The van der Waals surface area contributed by atoms with Gasteiger partial charge in [0.25, 0.3) is 0 Å². The van der Waals surface area contributed by atoms with E-state index in [-0.39, 0.29) is 17.7 Å². The summed E-state index contributed by atoms with van der Waals surface area (Å²) in [6.07, 6.45) is 0. The second-order valence-electron chi connectivity index (χ2n) is 2.65. The van der Waals surface area contributed by atoms with E-state index in [2.05, 4.69) is 14.8 Å². The van der Waals surface area contributed by atoms with Gasteiger partial charge in [-0.2, -0.15) is 0 Å². The van der Waals surface area contributed by atoms with Gasteiger partial charge in [0.15, 0.2) is 0 Å². The Hall–Kier alpha value is -2.07. The van der Waals surface area contributed by atoms with Gasteiger partial charge in [-0.25, -0.2) is 9.18 Å². The third-order valence-electron chi connectivity index (χ3n) is 1.82. The van der Waals surface area contributed by atoms with Gasteiger partial charge in [-0.05, 0) is 17.7 Å². The fourth-order valence-electron chi connectivity index (χ4n) is 1.12. The molecule has 0 bridgehead atoms. The molecule has 1 aromatic carbocycles. The number of esters is 1. The second kappa shape index (κ2) is 4.97. The molecule has 15 heavy (non-hydrogen) atoms. The highest BCUT2D eigenvalue weighted by Gasteiger charge is 2.14. The Balaban J connectivity index is 3.19. The van der Waals surface area contributed by atoms with Crippen LogP contribution in [0.1, 0.15) is 15.9 Å². The SMILES string of the molecule is COC(=O)c1cccc(F)c1CN=[N+]=[N-]. The summed E-state index contributed by atoms with van der Waals surface area (Å²) < 4.78 is 17.8. The summed E-state index contributed by atoms with van der Waals surface area (Å²) in [5.74, 6) is -1.25. The first-order valence-electron chi connectivity index (χ1n) is 4.07. The Morgan fingerprint density at radius 3 is 3.00 bits per heavy atom. The lowest BCUT2D eigenvalue weighted by molar-refractivity contribution is 0.0599. The maximum absolute atomic E-state index is 13.3. The number of azide groups is 1. The predicted molar refractivity (Wildman–Crippen MR) is 50.6 cm³/mol. The van der Waals surface area contributed by atoms with Gasteiger partial charge in [-0.1, -0.05) is 11.2 Å². The lowest BCUT2D eigenvalue weighted by atomic mass is 10.1. The number of halogens is 1. The molecule has 78 valence electrons. The van der Waals surface area contributed by atoms with Crippen LogP contribution in [-0.4, -0.2) is 13.1 Å². The molecule has 0 aliphatic heterocycles. The number of hydrogen-bond donors (Lipinski definition) is 0. The van der Waals surface area contributed by atoms with Gasteiger partial charge in [0.1, 0.15) is 5.82 Å². The number of carbonyl (C=O) groups is 1. The highest BCUT2D eigenvalue weighted by Crippen LogP contribution is 2.15. The van der Waals surface area contributed by atoms with Crippen molar-refractivity contribution in [2.24, 2.45) is 5.11 Å². The zero-order chi connectivity index (χ0) is 11.3. The minimum absolute atomic E-state index is 0.0437. The van der Waals surface area contributed by atoms with E-state index in [0.29, 0.717) is 0 Å². The minimum Gasteiger partial charge on any atom is -0.465 e. The molecule has 0 atom stereocenters. The standard InChI is InChI=1S/C9H8FN3O2/c1-15-9(14)6-3-2-4-8(10)7(6)5-12-13-11/h2-4H,5H2,1H3. The average molecular weight is 209 g/mol. The van der Waals surface area contributed by atoms with Crippen molar-refractivity contribution >= 4 is 5.97 Å². The van der Waals surface area contributed by atoms with E-state index in [9.17, 15) is 9.18 Å². The number of hydrogen-bond acceptors (Lipinski definition) is 3. The fraction of sp³-hybridized carbons (Fsp3) is 0.222. The molecule has 0 heterocycles. The maximum Gasteiger partial charge on any atom is 0.338 e. The van der Waals surface area contributed by atoms with Crippen molar-refractivity contribution in [2.45, 2.75) is 6.54 Å². The van der Waals surface area contributed by atoms with Crippen LogP contribution in [0.25, 0.3) is 10.4 Å². The molecule has 0 amide bonds. The van der Waals surface area contributed by atoms with E-state index in [4.69, 9.17) is 5.53 Å². The smallest absolute Gasteiger partial charge is 0.338 e. The second-order valence-corrected chi connectivity index (χ2v) is 2.65. The van der Waals surface area contributed by atoms with Gasteiger partial charge < -0.3 is 4.74 Å². The Kier molecular flexibility index (Phi) is 3.65. The summed E-state index contributed by atoms with van der Waals surface area (Å²) in [4.78, 5) is 13.7. The fourth-order valence-corrected chi connectivity index (χ4v) is 1.12. The Morgan fingerprint density at radius 1 is 1.67 bits per heavy atom. The van der Waals surface area contributed by atoms with Crippen molar-refractivity contribution < 1.29 is 13.9 Å². The largest absolute Gasteiger partial charge is 0.465 e. The third-order valence-corrected chi connectivity index (χ3v) is 1.82. The van der Waals surface area contributed by atoms with Crippen LogP contribution in [0.2, 0.25) is 0 Å². The molecule has 6 heteroatoms. The molecule has 0 N–H and O–H groups in total. The molecule has 0 saturated carbocycles. The molecule has 1 aromatic rings. The number of methoxy groups -OCH3 is 1.